The largest absolute Gasteiger partial charge is 0.497 e. The lowest BCUT2D eigenvalue weighted by Crippen LogP contribution is -2.46. The number of hydrazone groups is 1. The minimum atomic E-state index is -3.73. The van der Waals surface area contributed by atoms with Gasteiger partial charge in [-0.1, -0.05) is 6.07 Å². The molecule has 186 valence electrons. The highest BCUT2D eigenvalue weighted by Crippen LogP contribution is 2.24. The van der Waals surface area contributed by atoms with E-state index in [-0.39, 0.29) is 0 Å². The topological polar surface area (TPSA) is 93.0 Å². The molecule has 1 atom stereocenters. The molecular weight excluding hydrogens is 464 g/mol. The number of hydrogen-bond donors (Lipinski definition) is 1. The first-order valence-corrected chi connectivity index (χ1v) is 13.0. The maximum atomic E-state index is 12.8. The van der Waals surface area contributed by atoms with Crippen molar-refractivity contribution in [2.75, 3.05) is 17.7 Å². The maximum Gasteiger partial charge on any atom is 0.263 e. The Hall–Kier alpha value is -3.59. The van der Waals surface area contributed by atoms with Crippen molar-refractivity contribution in [1.82, 2.24) is 9.99 Å². The van der Waals surface area contributed by atoms with Crippen LogP contribution in [0.1, 0.15) is 35.0 Å². The summed E-state index contributed by atoms with van der Waals surface area (Å²) in [5.74, 6) is 0.0350. The van der Waals surface area contributed by atoms with Gasteiger partial charge >= 0.3 is 0 Å². The van der Waals surface area contributed by atoms with Gasteiger partial charge in [0.2, 0.25) is 10.0 Å². The summed E-state index contributed by atoms with van der Waals surface area (Å²) >= 11 is 0. The van der Waals surface area contributed by atoms with Crippen molar-refractivity contribution in [2.45, 2.75) is 40.7 Å². The molecule has 9 heteroatoms. The molecule has 1 N–H and O–H groups in total. The Bertz CT molecular complexity index is 1360. The Morgan fingerprint density at radius 1 is 1.06 bits per heavy atom. The van der Waals surface area contributed by atoms with Crippen LogP contribution >= 0.6 is 0 Å². The van der Waals surface area contributed by atoms with E-state index in [0.717, 1.165) is 33.2 Å². The number of carbonyl (C=O) groups is 1. The van der Waals surface area contributed by atoms with E-state index in [1.54, 1.807) is 30.5 Å². The van der Waals surface area contributed by atoms with Crippen LogP contribution in [0.2, 0.25) is 0 Å². The van der Waals surface area contributed by atoms with E-state index in [2.05, 4.69) is 47.1 Å². The van der Waals surface area contributed by atoms with Crippen molar-refractivity contribution in [3.05, 3.63) is 76.6 Å². The second-order valence-electron chi connectivity index (χ2n) is 8.60. The Balaban J connectivity index is 1.79. The van der Waals surface area contributed by atoms with Gasteiger partial charge in [0.25, 0.3) is 5.91 Å². The molecule has 0 unspecified atom stereocenters. The normalized spacial score (nSPS) is 12.5. The van der Waals surface area contributed by atoms with E-state index in [4.69, 9.17) is 4.74 Å². The number of ether oxygens (including phenoxy) is 1. The molecule has 3 aromatic rings. The molecule has 0 bridgehead atoms. The zero-order valence-corrected chi connectivity index (χ0v) is 22.0. The first-order chi connectivity index (χ1) is 16.4. The first kappa shape index (κ1) is 26.0. The van der Waals surface area contributed by atoms with Gasteiger partial charge in [0.05, 0.1) is 25.3 Å². The lowest BCUT2D eigenvalue weighted by molar-refractivity contribution is -0.121. The number of sulfonamides is 1. The van der Waals surface area contributed by atoms with Crippen LogP contribution in [0, 0.1) is 27.7 Å². The summed E-state index contributed by atoms with van der Waals surface area (Å²) in [5, 5.41) is 4.11. The number of aromatic nitrogens is 1. The summed E-state index contributed by atoms with van der Waals surface area (Å²) < 4.78 is 33.3. The molecule has 2 aromatic carbocycles. The molecular formula is C26H32N4O4S. The third-order valence-corrected chi connectivity index (χ3v) is 7.25. The molecule has 0 saturated heterocycles. The number of nitrogens with one attached hydrogen (secondary N) is 1. The van der Waals surface area contributed by atoms with Gasteiger partial charge in [0, 0.05) is 22.6 Å². The Kier molecular flexibility index (Phi) is 7.70. The highest BCUT2D eigenvalue weighted by molar-refractivity contribution is 7.92. The molecule has 1 aromatic heterocycles. The van der Waals surface area contributed by atoms with Crippen LogP contribution in [0.15, 0.2) is 53.6 Å². The van der Waals surface area contributed by atoms with Gasteiger partial charge in [0.1, 0.15) is 11.8 Å². The molecule has 0 aliphatic rings. The number of aryl methyl sites for hydroxylation is 3. The third kappa shape index (κ3) is 5.74. The van der Waals surface area contributed by atoms with Crippen molar-refractivity contribution in [3.63, 3.8) is 0 Å². The summed E-state index contributed by atoms with van der Waals surface area (Å²) in [6.07, 6.45) is 2.63. The number of amides is 1. The van der Waals surface area contributed by atoms with Crippen LogP contribution in [0.25, 0.3) is 5.69 Å². The van der Waals surface area contributed by atoms with E-state index in [1.165, 1.54) is 25.2 Å². The van der Waals surface area contributed by atoms with Gasteiger partial charge in [-0.3, -0.25) is 9.10 Å². The monoisotopic (exact) mass is 496 g/mol. The van der Waals surface area contributed by atoms with Crippen molar-refractivity contribution < 1.29 is 17.9 Å². The highest BCUT2D eigenvalue weighted by atomic mass is 32.2. The zero-order valence-electron chi connectivity index (χ0n) is 21.2. The molecule has 1 amide bonds. The minimum Gasteiger partial charge on any atom is -0.497 e. The molecule has 0 aliphatic carbocycles. The standard InChI is InChI=1S/C26H32N4O4S/c1-17-8-9-24(14-18(17)2)29-19(3)15-22(20(29)4)16-27-28-26(31)21(5)30(35(7,32)33)23-10-12-25(34-6)13-11-23/h8-16,21H,1-7H3,(H,28,31)/b27-16-/t21-/m1/s1. The number of nitrogens with zero attached hydrogens (tertiary/aromatic N) is 3. The van der Waals surface area contributed by atoms with Gasteiger partial charge in [-0.05, 0) is 88.2 Å². The fourth-order valence-electron chi connectivity index (χ4n) is 3.98. The van der Waals surface area contributed by atoms with Gasteiger partial charge in [-0.15, -0.1) is 0 Å². The Morgan fingerprint density at radius 3 is 2.29 bits per heavy atom. The van der Waals surface area contributed by atoms with Crippen molar-refractivity contribution >= 4 is 27.8 Å². The van der Waals surface area contributed by atoms with Crippen molar-refractivity contribution in [2.24, 2.45) is 5.10 Å². The van der Waals surface area contributed by atoms with Crippen LogP contribution in [0.3, 0.4) is 0 Å². The van der Waals surface area contributed by atoms with Crippen LogP contribution in [-0.2, 0) is 14.8 Å². The lowest BCUT2D eigenvalue weighted by atomic mass is 10.1. The third-order valence-electron chi connectivity index (χ3n) is 6.01. The molecule has 8 nitrogen and oxygen atoms in total. The molecule has 1 heterocycles. The SMILES string of the molecule is COc1ccc(N([C@H](C)C(=O)N/N=C\c2cc(C)n(-c3ccc(C)c(C)c3)c2C)S(C)(=O)=O)cc1. The van der Waals surface area contributed by atoms with Crippen LogP contribution in [-0.4, -0.2) is 44.5 Å². The molecule has 0 radical (unpaired) electrons. The van der Waals surface area contributed by atoms with Crippen LogP contribution in [0.5, 0.6) is 5.75 Å². The predicted molar refractivity (Wildman–Crippen MR) is 140 cm³/mol. The molecule has 0 aliphatic heterocycles. The Morgan fingerprint density at radius 2 is 1.71 bits per heavy atom. The molecule has 35 heavy (non-hydrogen) atoms. The van der Waals surface area contributed by atoms with Gasteiger partial charge < -0.3 is 9.30 Å². The number of rotatable bonds is 8. The average molecular weight is 497 g/mol. The second-order valence-corrected chi connectivity index (χ2v) is 10.5. The summed E-state index contributed by atoms with van der Waals surface area (Å²) in [6, 6.07) is 13.7. The minimum absolute atomic E-state index is 0.358. The van der Waals surface area contributed by atoms with Crippen molar-refractivity contribution in [1.29, 1.82) is 0 Å². The van der Waals surface area contributed by atoms with E-state index < -0.39 is 22.0 Å². The van der Waals surface area contributed by atoms with Crippen molar-refractivity contribution in [3.8, 4) is 11.4 Å². The first-order valence-electron chi connectivity index (χ1n) is 11.2. The van der Waals surface area contributed by atoms with E-state index in [1.807, 2.05) is 19.9 Å². The number of methoxy groups -OCH3 is 1. The molecule has 0 saturated carbocycles. The zero-order chi connectivity index (χ0) is 25.9. The fraction of sp³-hybridized carbons (Fsp3) is 0.308. The molecule has 0 spiro atoms. The Labute approximate surface area is 207 Å². The number of anilines is 1. The van der Waals surface area contributed by atoms with Gasteiger partial charge in [0.15, 0.2) is 0 Å². The number of hydrogen-bond acceptors (Lipinski definition) is 5. The van der Waals surface area contributed by atoms with Gasteiger partial charge in [-0.25, -0.2) is 13.8 Å². The highest BCUT2D eigenvalue weighted by Gasteiger charge is 2.29. The van der Waals surface area contributed by atoms with Crippen LogP contribution in [0.4, 0.5) is 5.69 Å². The number of benzene rings is 2. The predicted octanol–water partition coefficient (Wildman–Crippen LogP) is 4.02. The fourth-order valence-corrected chi connectivity index (χ4v) is 5.15. The average Bonchev–Trinajstić information content (AvgIpc) is 3.08. The quantitative estimate of drug-likeness (QED) is 0.377. The van der Waals surface area contributed by atoms with E-state index >= 15 is 0 Å². The summed E-state index contributed by atoms with van der Waals surface area (Å²) in [5.41, 5.74) is 9.20. The smallest absolute Gasteiger partial charge is 0.263 e. The number of carbonyl (C=O) groups excluding carboxylic acids is 1. The second kappa shape index (κ2) is 10.4. The summed E-state index contributed by atoms with van der Waals surface area (Å²) in [4.78, 5) is 12.8. The molecule has 3 rings (SSSR count). The van der Waals surface area contributed by atoms with E-state index in [9.17, 15) is 13.2 Å². The summed E-state index contributed by atoms with van der Waals surface area (Å²) in [6.45, 7) is 9.68. The molecule has 0 fully saturated rings. The van der Waals surface area contributed by atoms with Gasteiger partial charge in [-0.2, -0.15) is 5.10 Å². The van der Waals surface area contributed by atoms with Crippen LogP contribution < -0.4 is 14.5 Å². The lowest BCUT2D eigenvalue weighted by Gasteiger charge is -2.27. The van der Waals surface area contributed by atoms with E-state index in [0.29, 0.717) is 11.4 Å². The summed E-state index contributed by atoms with van der Waals surface area (Å²) in [7, 11) is -2.20. The maximum absolute atomic E-state index is 12.8.